The van der Waals surface area contributed by atoms with E-state index < -0.39 is 0 Å². The van der Waals surface area contributed by atoms with Crippen molar-refractivity contribution in [1.82, 2.24) is 0 Å². The van der Waals surface area contributed by atoms with Gasteiger partial charge in [-0.15, -0.1) is 12.3 Å². The zero-order chi connectivity index (χ0) is 10.5. The topological polar surface area (TPSA) is 0 Å². The summed E-state index contributed by atoms with van der Waals surface area (Å²) in [6.07, 6.45) is 22.1. The van der Waals surface area contributed by atoms with Crippen molar-refractivity contribution in [3.8, 4) is 12.3 Å². The van der Waals surface area contributed by atoms with Crippen LogP contribution in [-0.4, -0.2) is 0 Å². The van der Waals surface area contributed by atoms with E-state index in [1.807, 2.05) is 0 Å². The smallest absolute Gasteiger partial charge is 0.0121 e. The summed E-state index contributed by atoms with van der Waals surface area (Å²) in [5, 5.41) is 0. The summed E-state index contributed by atoms with van der Waals surface area (Å²) in [7, 11) is 0. The predicted molar refractivity (Wildman–Crippen MR) is 65.1 cm³/mol. The fraction of sp³-hybridized carbons (Fsp3) is 0.571. The van der Waals surface area contributed by atoms with Crippen molar-refractivity contribution in [2.75, 3.05) is 0 Å². The number of unbranched alkanes of at least 4 members (excludes halogenated alkanes) is 4. The average Bonchev–Trinajstić information content (AvgIpc) is 2.21. The molecule has 0 fully saturated rings. The summed E-state index contributed by atoms with van der Waals surface area (Å²) in [6, 6.07) is 0. The minimum absolute atomic E-state index is 0.858. The number of allylic oxidation sites excluding steroid dienone is 4. The maximum atomic E-state index is 5.14. The van der Waals surface area contributed by atoms with Gasteiger partial charge >= 0.3 is 0 Å². The Morgan fingerprint density at radius 2 is 1.71 bits per heavy atom. The molecule has 0 saturated carbocycles. The molecule has 0 aromatic heterocycles. The largest absolute Gasteiger partial charge is 0.120 e. The van der Waals surface area contributed by atoms with Gasteiger partial charge in [0.25, 0.3) is 0 Å². The SMILES string of the molecule is C#CCC/C=C/C/C=C/CCCCC. The molecule has 0 heteroatoms. The lowest BCUT2D eigenvalue weighted by atomic mass is 10.2. The number of hydrogen-bond donors (Lipinski definition) is 0. The minimum Gasteiger partial charge on any atom is -0.120 e. The molecule has 0 heterocycles. The van der Waals surface area contributed by atoms with E-state index in [0.717, 1.165) is 19.3 Å². The molecule has 0 N–H and O–H groups in total. The van der Waals surface area contributed by atoms with Crippen molar-refractivity contribution in [1.29, 1.82) is 0 Å². The molecule has 0 atom stereocenters. The number of hydrogen-bond acceptors (Lipinski definition) is 0. The molecule has 0 amide bonds. The second kappa shape index (κ2) is 12.0. The normalized spacial score (nSPS) is 11.1. The van der Waals surface area contributed by atoms with Crippen LogP contribution in [0.2, 0.25) is 0 Å². The predicted octanol–water partition coefficient (Wildman–Crippen LogP) is 4.48. The molecule has 0 nitrogen and oxygen atoms in total. The van der Waals surface area contributed by atoms with Crippen LogP contribution < -0.4 is 0 Å². The Kier molecular flexibility index (Phi) is 11.2. The van der Waals surface area contributed by atoms with Crippen LogP contribution in [-0.2, 0) is 0 Å². The third kappa shape index (κ3) is 11.0. The van der Waals surface area contributed by atoms with Gasteiger partial charge in [0.05, 0.1) is 0 Å². The van der Waals surface area contributed by atoms with Gasteiger partial charge in [0.1, 0.15) is 0 Å². The lowest BCUT2D eigenvalue weighted by Gasteiger charge is -1.90. The summed E-state index contributed by atoms with van der Waals surface area (Å²) in [4.78, 5) is 0. The molecule has 0 unspecified atom stereocenters. The Morgan fingerprint density at radius 1 is 1.00 bits per heavy atom. The van der Waals surface area contributed by atoms with Crippen LogP contribution in [0.3, 0.4) is 0 Å². The van der Waals surface area contributed by atoms with Crippen molar-refractivity contribution >= 4 is 0 Å². The third-order valence-corrected chi connectivity index (χ3v) is 2.04. The maximum Gasteiger partial charge on any atom is 0.0121 e. The highest BCUT2D eigenvalue weighted by Gasteiger charge is 1.80. The van der Waals surface area contributed by atoms with Gasteiger partial charge in [-0.05, 0) is 25.7 Å². The molecule has 0 aliphatic carbocycles. The first kappa shape index (κ1) is 13.0. The maximum absolute atomic E-state index is 5.14. The van der Waals surface area contributed by atoms with E-state index in [0.29, 0.717) is 0 Å². The van der Waals surface area contributed by atoms with Crippen molar-refractivity contribution in [3.63, 3.8) is 0 Å². The summed E-state index contributed by atoms with van der Waals surface area (Å²) < 4.78 is 0. The highest BCUT2D eigenvalue weighted by molar-refractivity contribution is 4.95. The Balaban J connectivity index is 3.18. The average molecular weight is 190 g/mol. The van der Waals surface area contributed by atoms with Gasteiger partial charge < -0.3 is 0 Å². The molecule has 0 bridgehead atoms. The van der Waals surface area contributed by atoms with Gasteiger partial charge in [0.2, 0.25) is 0 Å². The van der Waals surface area contributed by atoms with E-state index in [1.54, 1.807) is 0 Å². The van der Waals surface area contributed by atoms with Gasteiger partial charge in [0, 0.05) is 6.42 Å². The summed E-state index contributed by atoms with van der Waals surface area (Å²) >= 11 is 0. The zero-order valence-electron chi connectivity index (χ0n) is 9.34. The quantitative estimate of drug-likeness (QED) is 0.301. The molecule has 0 spiro atoms. The van der Waals surface area contributed by atoms with E-state index in [-0.39, 0.29) is 0 Å². The minimum atomic E-state index is 0.858. The Bertz CT molecular complexity index is 191. The number of terminal acetylenes is 1. The van der Waals surface area contributed by atoms with Gasteiger partial charge in [-0.3, -0.25) is 0 Å². The van der Waals surface area contributed by atoms with E-state index in [2.05, 4.69) is 37.1 Å². The molecule has 0 aliphatic heterocycles. The van der Waals surface area contributed by atoms with Gasteiger partial charge in [0.15, 0.2) is 0 Å². The highest BCUT2D eigenvalue weighted by atomic mass is 13.9. The number of rotatable bonds is 8. The molecule has 0 aromatic carbocycles. The summed E-state index contributed by atoms with van der Waals surface area (Å²) in [5.41, 5.74) is 0. The van der Waals surface area contributed by atoms with E-state index in [9.17, 15) is 0 Å². The molecule has 0 aliphatic rings. The van der Waals surface area contributed by atoms with Crippen LogP contribution in [0.25, 0.3) is 0 Å². The molecule has 0 rings (SSSR count). The van der Waals surface area contributed by atoms with Crippen molar-refractivity contribution in [3.05, 3.63) is 24.3 Å². The van der Waals surface area contributed by atoms with Crippen molar-refractivity contribution < 1.29 is 0 Å². The Labute approximate surface area is 89.1 Å². The third-order valence-electron chi connectivity index (χ3n) is 2.04. The highest BCUT2D eigenvalue weighted by Crippen LogP contribution is 2.00. The molecule has 0 radical (unpaired) electrons. The van der Waals surface area contributed by atoms with Gasteiger partial charge in [-0.2, -0.15) is 0 Å². The molecule has 78 valence electrons. The second-order valence-corrected chi connectivity index (χ2v) is 3.42. The standard InChI is InChI=1S/C14H22/c1-3-5-7-9-11-13-14-12-10-8-6-4-2/h1,9,11-12,14H,4-8,10,13H2,2H3/b11-9+,14-12+. The Morgan fingerprint density at radius 3 is 2.36 bits per heavy atom. The lowest BCUT2D eigenvalue weighted by Crippen LogP contribution is -1.70. The van der Waals surface area contributed by atoms with Crippen LogP contribution in [0.15, 0.2) is 24.3 Å². The van der Waals surface area contributed by atoms with Crippen LogP contribution in [0.1, 0.15) is 51.9 Å². The fourth-order valence-corrected chi connectivity index (χ4v) is 1.19. The van der Waals surface area contributed by atoms with Crippen LogP contribution in [0, 0.1) is 12.3 Å². The van der Waals surface area contributed by atoms with Crippen LogP contribution in [0.5, 0.6) is 0 Å². The zero-order valence-corrected chi connectivity index (χ0v) is 9.34. The fourth-order valence-electron chi connectivity index (χ4n) is 1.19. The van der Waals surface area contributed by atoms with Gasteiger partial charge in [-0.1, -0.05) is 44.1 Å². The first-order chi connectivity index (χ1) is 6.91. The monoisotopic (exact) mass is 190 g/mol. The van der Waals surface area contributed by atoms with E-state index >= 15 is 0 Å². The van der Waals surface area contributed by atoms with Crippen LogP contribution >= 0.6 is 0 Å². The first-order valence-electron chi connectivity index (χ1n) is 5.65. The van der Waals surface area contributed by atoms with E-state index in [1.165, 1.54) is 25.7 Å². The summed E-state index contributed by atoms with van der Waals surface area (Å²) in [6.45, 7) is 2.23. The molecule has 0 saturated heterocycles. The molecular formula is C14H22. The molecule has 14 heavy (non-hydrogen) atoms. The van der Waals surface area contributed by atoms with E-state index in [4.69, 9.17) is 6.42 Å². The second-order valence-electron chi connectivity index (χ2n) is 3.42. The molecular weight excluding hydrogens is 168 g/mol. The van der Waals surface area contributed by atoms with Gasteiger partial charge in [-0.25, -0.2) is 0 Å². The van der Waals surface area contributed by atoms with Crippen molar-refractivity contribution in [2.24, 2.45) is 0 Å². The Hall–Kier alpha value is -0.960. The lowest BCUT2D eigenvalue weighted by molar-refractivity contribution is 0.728. The van der Waals surface area contributed by atoms with Crippen LogP contribution in [0.4, 0.5) is 0 Å². The summed E-state index contributed by atoms with van der Waals surface area (Å²) in [5.74, 6) is 2.62. The van der Waals surface area contributed by atoms with Crippen molar-refractivity contribution in [2.45, 2.75) is 51.9 Å². The first-order valence-corrected chi connectivity index (χ1v) is 5.65. The molecule has 0 aromatic rings.